The van der Waals surface area contributed by atoms with Crippen molar-refractivity contribution in [2.24, 2.45) is 0 Å². The van der Waals surface area contributed by atoms with Crippen LogP contribution in [0.4, 0.5) is 11.4 Å². The molecule has 0 spiro atoms. The molecular formula is C17H19N5O. The molecule has 1 aliphatic heterocycles. The standard InChI is InChI=1S/C17H19N5O/c1-3-15(22-5-7-23-8-6-22)4-2-13(1)10-18-14-9-16-17(19-11-14)21-12-20-16/h1-4,9,11-12,18H,5-8,10H2,(H,19,20,21). The minimum Gasteiger partial charge on any atom is -0.380 e. The van der Waals surface area contributed by atoms with Gasteiger partial charge in [0, 0.05) is 25.3 Å². The number of H-pyrrole nitrogens is 1. The summed E-state index contributed by atoms with van der Waals surface area (Å²) in [5.41, 5.74) is 5.16. The first kappa shape index (κ1) is 14.0. The first-order valence-corrected chi connectivity index (χ1v) is 7.83. The van der Waals surface area contributed by atoms with E-state index in [1.165, 1.54) is 11.3 Å². The van der Waals surface area contributed by atoms with Crippen molar-refractivity contribution in [1.29, 1.82) is 0 Å². The van der Waals surface area contributed by atoms with Crippen molar-refractivity contribution in [3.8, 4) is 0 Å². The summed E-state index contributed by atoms with van der Waals surface area (Å²) in [5, 5.41) is 3.39. The van der Waals surface area contributed by atoms with Gasteiger partial charge in [-0.2, -0.15) is 0 Å². The van der Waals surface area contributed by atoms with Gasteiger partial charge in [-0.3, -0.25) is 0 Å². The Kier molecular flexibility index (Phi) is 3.81. The molecule has 3 aromatic rings. The van der Waals surface area contributed by atoms with Crippen LogP contribution in [0.5, 0.6) is 0 Å². The van der Waals surface area contributed by atoms with Crippen LogP contribution >= 0.6 is 0 Å². The molecule has 0 unspecified atom stereocenters. The zero-order valence-electron chi connectivity index (χ0n) is 12.8. The van der Waals surface area contributed by atoms with Crippen molar-refractivity contribution in [2.45, 2.75) is 6.54 Å². The quantitative estimate of drug-likeness (QED) is 0.775. The molecule has 6 heteroatoms. The van der Waals surface area contributed by atoms with Crippen molar-refractivity contribution < 1.29 is 4.74 Å². The summed E-state index contributed by atoms with van der Waals surface area (Å²) < 4.78 is 5.39. The zero-order valence-corrected chi connectivity index (χ0v) is 12.8. The molecule has 0 amide bonds. The van der Waals surface area contributed by atoms with Gasteiger partial charge in [-0.15, -0.1) is 0 Å². The molecule has 1 aromatic carbocycles. The summed E-state index contributed by atoms with van der Waals surface area (Å²) in [4.78, 5) is 13.9. The summed E-state index contributed by atoms with van der Waals surface area (Å²) in [7, 11) is 0. The van der Waals surface area contributed by atoms with E-state index in [4.69, 9.17) is 4.74 Å². The summed E-state index contributed by atoms with van der Waals surface area (Å²) >= 11 is 0. The van der Waals surface area contributed by atoms with E-state index in [1.54, 1.807) is 6.33 Å². The summed E-state index contributed by atoms with van der Waals surface area (Å²) in [6, 6.07) is 10.7. The predicted molar refractivity (Wildman–Crippen MR) is 90.7 cm³/mol. The highest BCUT2D eigenvalue weighted by Gasteiger charge is 2.10. The molecule has 0 aliphatic carbocycles. The molecule has 0 bridgehead atoms. The largest absolute Gasteiger partial charge is 0.380 e. The highest BCUT2D eigenvalue weighted by molar-refractivity contribution is 5.73. The van der Waals surface area contributed by atoms with Gasteiger partial charge in [0.25, 0.3) is 0 Å². The number of benzene rings is 1. The van der Waals surface area contributed by atoms with Gasteiger partial charge in [-0.25, -0.2) is 9.97 Å². The van der Waals surface area contributed by atoms with Crippen LogP contribution in [0, 0.1) is 0 Å². The number of ether oxygens (including phenoxy) is 1. The van der Waals surface area contributed by atoms with Crippen LogP contribution in [0.15, 0.2) is 42.9 Å². The Hall–Kier alpha value is -2.60. The Bertz CT molecular complexity index is 777. The number of nitrogens with zero attached hydrogens (tertiary/aromatic N) is 3. The fourth-order valence-corrected chi connectivity index (χ4v) is 2.77. The van der Waals surface area contributed by atoms with Gasteiger partial charge in [0.15, 0.2) is 5.65 Å². The van der Waals surface area contributed by atoms with Crippen molar-refractivity contribution in [3.63, 3.8) is 0 Å². The van der Waals surface area contributed by atoms with Gasteiger partial charge in [-0.1, -0.05) is 12.1 Å². The van der Waals surface area contributed by atoms with Crippen molar-refractivity contribution in [2.75, 3.05) is 36.5 Å². The third-order valence-corrected chi connectivity index (χ3v) is 4.08. The molecule has 2 aromatic heterocycles. The molecule has 0 atom stereocenters. The van der Waals surface area contributed by atoms with Gasteiger partial charge in [0.2, 0.25) is 0 Å². The van der Waals surface area contributed by atoms with Gasteiger partial charge in [0.1, 0.15) is 5.52 Å². The smallest absolute Gasteiger partial charge is 0.157 e. The Morgan fingerprint density at radius 3 is 2.78 bits per heavy atom. The number of hydrogen-bond donors (Lipinski definition) is 2. The Labute approximate surface area is 134 Å². The maximum Gasteiger partial charge on any atom is 0.157 e. The number of pyridine rings is 1. The Balaban J connectivity index is 1.40. The van der Waals surface area contributed by atoms with E-state index in [9.17, 15) is 0 Å². The zero-order chi connectivity index (χ0) is 15.5. The first-order valence-electron chi connectivity index (χ1n) is 7.83. The first-order chi connectivity index (χ1) is 11.4. The number of morpholine rings is 1. The maximum absolute atomic E-state index is 5.39. The van der Waals surface area contributed by atoms with Gasteiger partial charge in [-0.05, 0) is 23.8 Å². The second-order valence-corrected chi connectivity index (χ2v) is 5.61. The molecule has 0 radical (unpaired) electrons. The van der Waals surface area contributed by atoms with E-state index in [0.717, 1.165) is 49.7 Å². The van der Waals surface area contributed by atoms with Crippen LogP contribution in [-0.2, 0) is 11.3 Å². The van der Waals surface area contributed by atoms with Crippen LogP contribution < -0.4 is 10.2 Å². The van der Waals surface area contributed by atoms with E-state index in [2.05, 4.69) is 49.4 Å². The normalized spacial score (nSPS) is 15.0. The lowest BCUT2D eigenvalue weighted by molar-refractivity contribution is 0.122. The monoisotopic (exact) mass is 309 g/mol. The average molecular weight is 309 g/mol. The molecule has 3 heterocycles. The van der Waals surface area contributed by atoms with Crippen molar-refractivity contribution >= 4 is 22.5 Å². The van der Waals surface area contributed by atoms with E-state index in [1.807, 2.05) is 12.3 Å². The van der Waals surface area contributed by atoms with E-state index >= 15 is 0 Å². The van der Waals surface area contributed by atoms with Crippen LogP contribution in [0.25, 0.3) is 11.2 Å². The summed E-state index contributed by atoms with van der Waals surface area (Å²) in [6.07, 6.45) is 3.48. The molecule has 0 saturated carbocycles. The summed E-state index contributed by atoms with van der Waals surface area (Å²) in [5.74, 6) is 0. The highest BCUT2D eigenvalue weighted by atomic mass is 16.5. The minimum atomic E-state index is 0.765. The maximum atomic E-state index is 5.39. The van der Waals surface area contributed by atoms with Crippen LogP contribution in [0.2, 0.25) is 0 Å². The van der Waals surface area contributed by atoms with Crippen molar-refractivity contribution in [3.05, 3.63) is 48.4 Å². The minimum absolute atomic E-state index is 0.765. The number of hydrogen-bond acceptors (Lipinski definition) is 5. The Morgan fingerprint density at radius 2 is 1.96 bits per heavy atom. The highest BCUT2D eigenvalue weighted by Crippen LogP contribution is 2.18. The molecule has 23 heavy (non-hydrogen) atoms. The number of aromatic amines is 1. The van der Waals surface area contributed by atoms with Crippen LogP contribution in [-0.4, -0.2) is 41.3 Å². The number of nitrogens with one attached hydrogen (secondary N) is 2. The topological polar surface area (TPSA) is 66.1 Å². The third-order valence-electron chi connectivity index (χ3n) is 4.08. The average Bonchev–Trinajstić information content (AvgIpc) is 3.09. The number of anilines is 2. The molecule has 118 valence electrons. The predicted octanol–water partition coefficient (Wildman–Crippen LogP) is 2.41. The van der Waals surface area contributed by atoms with E-state index in [-0.39, 0.29) is 0 Å². The van der Waals surface area contributed by atoms with E-state index < -0.39 is 0 Å². The van der Waals surface area contributed by atoms with Gasteiger partial charge >= 0.3 is 0 Å². The number of aromatic nitrogens is 3. The summed E-state index contributed by atoms with van der Waals surface area (Å²) in [6.45, 7) is 4.32. The second kappa shape index (κ2) is 6.26. The molecule has 4 rings (SSSR count). The number of fused-ring (bicyclic) bond motifs is 1. The lowest BCUT2D eigenvalue weighted by atomic mass is 10.2. The molecule has 1 fully saturated rings. The number of rotatable bonds is 4. The fraction of sp³-hybridized carbons (Fsp3) is 0.294. The second-order valence-electron chi connectivity index (χ2n) is 5.61. The number of imidazole rings is 1. The van der Waals surface area contributed by atoms with Crippen LogP contribution in [0.3, 0.4) is 0 Å². The molecule has 1 saturated heterocycles. The molecule has 6 nitrogen and oxygen atoms in total. The Morgan fingerprint density at radius 1 is 1.13 bits per heavy atom. The molecule has 2 N–H and O–H groups in total. The van der Waals surface area contributed by atoms with Gasteiger partial charge < -0.3 is 19.9 Å². The van der Waals surface area contributed by atoms with Crippen molar-refractivity contribution in [1.82, 2.24) is 15.0 Å². The fourth-order valence-electron chi connectivity index (χ4n) is 2.77. The SMILES string of the molecule is c1nc2cc(NCc3ccc(N4CCOCC4)cc3)cnc2[nH]1. The lowest BCUT2D eigenvalue weighted by Crippen LogP contribution is -2.36. The van der Waals surface area contributed by atoms with Crippen LogP contribution in [0.1, 0.15) is 5.56 Å². The third kappa shape index (κ3) is 3.12. The van der Waals surface area contributed by atoms with Gasteiger partial charge in [0.05, 0.1) is 31.4 Å². The van der Waals surface area contributed by atoms with E-state index in [0.29, 0.717) is 0 Å². The molecule has 1 aliphatic rings. The lowest BCUT2D eigenvalue weighted by Gasteiger charge is -2.28. The molecular weight excluding hydrogens is 290 g/mol.